The second kappa shape index (κ2) is 4.92. The number of carbonyl (C=O) groups is 1. The summed E-state index contributed by atoms with van der Waals surface area (Å²) in [5.74, 6) is -0.386. The summed E-state index contributed by atoms with van der Waals surface area (Å²) >= 11 is 0. The molecule has 0 aromatic carbocycles. The maximum Gasteiger partial charge on any atom is 0.267 e. The quantitative estimate of drug-likeness (QED) is 0.795. The minimum Gasteiger partial charge on any atom is -0.396 e. The van der Waals surface area contributed by atoms with E-state index < -0.39 is 11.7 Å². The number of piperidine rings is 1. The Labute approximate surface area is 116 Å². The molecule has 0 bridgehead atoms. The molecular weight excluding hydrogens is 260 g/mol. The molecule has 2 fully saturated rings. The first kappa shape index (κ1) is 13.1. The number of primary amides is 1. The predicted molar refractivity (Wildman–Crippen MR) is 73.2 cm³/mol. The number of nitrogens with zero attached hydrogens (tertiary/aromatic N) is 2. The van der Waals surface area contributed by atoms with Gasteiger partial charge in [-0.15, -0.1) is 0 Å². The zero-order valence-corrected chi connectivity index (χ0v) is 11.2. The van der Waals surface area contributed by atoms with Gasteiger partial charge in [-0.3, -0.25) is 4.79 Å². The average molecular weight is 278 g/mol. The number of rotatable bonds is 2. The predicted octanol–water partition coefficient (Wildman–Crippen LogP) is 0.106. The lowest BCUT2D eigenvalue weighted by Gasteiger charge is -2.38. The first-order valence-corrected chi connectivity index (χ1v) is 6.69. The third kappa shape index (κ3) is 2.30. The van der Waals surface area contributed by atoms with Crippen LogP contribution in [0.1, 0.15) is 23.3 Å². The molecule has 108 valence electrons. The number of hydrogen-bond acceptors (Lipinski definition) is 6. The molecule has 2 aliphatic heterocycles. The van der Waals surface area contributed by atoms with E-state index >= 15 is 0 Å². The molecule has 7 nitrogen and oxygen atoms in total. The molecule has 20 heavy (non-hydrogen) atoms. The molecule has 2 saturated heterocycles. The van der Waals surface area contributed by atoms with Gasteiger partial charge < -0.3 is 25.8 Å². The van der Waals surface area contributed by atoms with Crippen molar-refractivity contribution in [3.8, 4) is 0 Å². The zero-order valence-electron chi connectivity index (χ0n) is 11.2. The molecule has 1 aromatic rings. The van der Waals surface area contributed by atoms with Crippen LogP contribution in [0.5, 0.6) is 0 Å². The second-order valence-corrected chi connectivity index (χ2v) is 5.07. The SMILES string of the molecule is NC(=O)c1ccc(N)c(N2CCC3(CC2)OCCO3)n1. The molecular formula is C13H18N4O3. The van der Waals surface area contributed by atoms with Gasteiger partial charge in [-0.2, -0.15) is 0 Å². The van der Waals surface area contributed by atoms with E-state index in [0.29, 0.717) is 24.7 Å². The molecule has 4 N–H and O–H groups in total. The molecule has 3 rings (SSSR count). The van der Waals surface area contributed by atoms with E-state index in [1.54, 1.807) is 6.07 Å². The summed E-state index contributed by atoms with van der Waals surface area (Å²) in [6.07, 6.45) is 1.52. The van der Waals surface area contributed by atoms with Crippen molar-refractivity contribution in [2.24, 2.45) is 5.73 Å². The van der Waals surface area contributed by atoms with Crippen molar-refractivity contribution in [3.05, 3.63) is 17.8 Å². The fourth-order valence-electron chi connectivity index (χ4n) is 2.69. The van der Waals surface area contributed by atoms with Crippen LogP contribution < -0.4 is 16.4 Å². The van der Waals surface area contributed by atoms with Crippen molar-refractivity contribution in [3.63, 3.8) is 0 Å². The van der Waals surface area contributed by atoms with Crippen LogP contribution in [0.4, 0.5) is 11.5 Å². The van der Waals surface area contributed by atoms with Gasteiger partial charge in [-0.1, -0.05) is 0 Å². The first-order chi connectivity index (χ1) is 9.60. The molecule has 7 heteroatoms. The van der Waals surface area contributed by atoms with E-state index in [0.717, 1.165) is 25.9 Å². The van der Waals surface area contributed by atoms with E-state index in [9.17, 15) is 4.79 Å². The zero-order chi connectivity index (χ0) is 14.2. The van der Waals surface area contributed by atoms with E-state index in [1.165, 1.54) is 6.07 Å². The fraction of sp³-hybridized carbons (Fsp3) is 0.538. The van der Waals surface area contributed by atoms with Crippen molar-refractivity contribution in [1.82, 2.24) is 4.98 Å². The van der Waals surface area contributed by atoms with Crippen molar-refractivity contribution in [2.45, 2.75) is 18.6 Å². The van der Waals surface area contributed by atoms with Crippen molar-refractivity contribution in [1.29, 1.82) is 0 Å². The van der Waals surface area contributed by atoms with Crippen LogP contribution >= 0.6 is 0 Å². The number of carbonyl (C=O) groups excluding carboxylic acids is 1. The molecule has 0 aliphatic carbocycles. The molecule has 0 atom stereocenters. The highest BCUT2D eigenvalue weighted by atomic mass is 16.7. The maximum absolute atomic E-state index is 11.2. The largest absolute Gasteiger partial charge is 0.396 e. The van der Waals surface area contributed by atoms with E-state index in [-0.39, 0.29) is 5.69 Å². The number of ether oxygens (including phenoxy) is 2. The Morgan fingerprint density at radius 1 is 1.25 bits per heavy atom. The molecule has 0 radical (unpaired) electrons. The number of hydrogen-bond donors (Lipinski definition) is 2. The molecule has 2 aliphatic rings. The second-order valence-electron chi connectivity index (χ2n) is 5.07. The normalized spacial score (nSPS) is 21.3. The van der Waals surface area contributed by atoms with Gasteiger partial charge in [-0.25, -0.2) is 4.98 Å². The highest BCUT2D eigenvalue weighted by molar-refractivity contribution is 5.91. The van der Waals surface area contributed by atoms with Crippen molar-refractivity contribution >= 4 is 17.4 Å². The molecule has 0 saturated carbocycles. The monoisotopic (exact) mass is 278 g/mol. The van der Waals surface area contributed by atoms with Crippen LogP contribution in [0.25, 0.3) is 0 Å². The van der Waals surface area contributed by atoms with Gasteiger partial charge in [0.25, 0.3) is 5.91 Å². The Morgan fingerprint density at radius 2 is 1.90 bits per heavy atom. The highest BCUT2D eigenvalue weighted by Gasteiger charge is 2.40. The molecule has 3 heterocycles. The van der Waals surface area contributed by atoms with Crippen LogP contribution in [0.2, 0.25) is 0 Å². The average Bonchev–Trinajstić information content (AvgIpc) is 2.89. The standard InChI is InChI=1S/C13H18N4O3/c14-9-1-2-10(11(15)18)16-12(9)17-5-3-13(4-6-17)19-7-8-20-13/h1-2H,3-8,14H2,(H2,15,18). The summed E-state index contributed by atoms with van der Waals surface area (Å²) in [6, 6.07) is 3.20. The van der Waals surface area contributed by atoms with Gasteiger partial charge in [-0.05, 0) is 12.1 Å². The summed E-state index contributed by atoms with van der Waals surface area (Å²) in [4.78, 5) is 17.5. The highest BCUT2D eigenvalue weighted by Crippen LogP contribution is 2.34. The maximum atomic E-state index is 11.2. The van der Waals surface area contributed by atoms with E-state index in [4.69, 9.17) is 20.9 Å². The molecule has 1 amide bonds. The van der Waals surface area contributed by atoms with Crippen molar-refractivity contribution < 1.29 is 14.3 Å². The van der Waals surface area contributed by atoms with Crippen LogP contribution in [0, 0.1) is 0 Å². The minimum atomic E-state index is -0.554. The van der Waals surface area contributed by atoms with Gasteiger partial charge in [0, 0.05) is 25.9 Å². The summed E-state index contributed by atoms with van der Waals surface area (Å²) < 4.78 is 11.4. The Morgan fingerprint density at radius 3 is 2.50 bits per heavy atom. The lowest BCUT2D eigenvalue weighted by atomic mass is 10.0. The van der Waals surface area contributed by atoms with Gasteiger partial charge in [0.1, 0.15) is 5.69 Å². The summed E-state index contributed by atoms with van der Waals surface area (Å²) in [5, 5.41) is 0. The Kier molecular flexibility index (Phi) is 3.23. The Hall–Kier alpha value is -1.86. The summed E-state index contributed by atoms with van der Waals surface area (Å²) in [7, 11) is 0. The topological polar surface area (TPSA) is 104 Å². The van der Waals surface area contributed by atoms with Crippen LogP contribution in [-0.4, -0.2) is 43.0 Å². The number of nitrogen functional groups attached to an aromatic ring is 1. The summed E-state index contributed by atoms with van der Waals surface area (Å²) in [5.41, 5.74) is 12.0. The fourth-order valence-corrected chi connectivity index (χ4v) is 2.69. The Bertz CT molecular complexity index is 518. The number of amides is 1. The lowest BCUT2D eigenvalue weighted by molar-refractivity contribution is -0.169. The third-order valence-corrected chi connectivity index (χ3v) is 3.80. The van der Waals surface area contributed by atoms with Gasteiger partial charge in [0.05, 0.1) is 18.9 Å². The number of pyridine rings is 1. The van der Waals surface area contributed by atoms with Crippen LogP contribution in [0.15, 0.2) is 12.1 Å². The number of anilines is 2. The van der Waals surface area contributed by atoms with Crippen LogP contribution in [-0.2, 0) is 9.47 Å². The van der Waals surface area contributed by atoms with Crippen molar-refractivity contribution in [2.75, 3.05) is 36.9 Å². The number of nitrogens with two attached hydrogens (primary N) is 2. The third-order valence-electron chi connectivity index (χ3n) is 3.80. The smallest absolute Gasteiger partial charge is 0.267 e. The van der Waals surface area contributed by atoms with Crippen LogP contribution in [0.3, 0.4) is 0 Å². The first-order valence-electron chi connectivity index (χ1n) is 6.69. The van der Waals surface area contributed by atoms with Gasteiger partial charge in [0.15, 0.2) is 11.6 Å². The van der Waals surface area contributed by atoms with Gasteiger partial charge >= 0.3 is 0 Å². The number of aromatic nitrogens is 1. The molecule has 1 spiro atoms. The summed E-state index contributed by atoms with van der Waals surface area (Å²) in [6.45, 7) is 2.74. The Balaban J connectivity index is 1.77. The molecule has 0 unspecified atom stereocenters. The van der Waals surface area contributed by atoms with E-state index in [2.05, 4.69) is 4.98 Å². The minimum absolute atomic E-state index is 0.225. The van der Waals surface area contributed by atoms with Gasteiger partial charge in [0.2, 0.25) is 0 Å². The van der Waals surface area contributed by atoms with E-state index in [1.807, 2.05) is 4.90 Å². The lowest BCUT2D eigenvalue weighted by Crippen LogP contribution is -2.45. The molecule has 1 aromatic heterocycles.